The summed E-state index contributed by atoms with van der Waals surface area (Å²) in [6.45, 7) is 3.02. The fourth-order valence-electron chi connectivity index (χ4n) is 1.03. The van der Waals surface area contributed by atoms with Gasteiger partial charge in [-0.1, -0.05) is 12.8 Å². The van der Waals surface area contributed by atoms with Gasteiger partial charge in [-0.15, -0.1) is 6.42 Å². The zero-order valence-corrected chi connectivity index (χ0v) is 7.70. The normalized spacial score (nSPS) is 12.0. The van der Waals surface area contributed by atoms with E-state index in [1.54, 1.807) is 12.4 Å². The molecule has 1 aromatic rings. The third kappa shape index (κ3) is 2.85. The minimum absolute atomic E-state index is 0.0459. The van der Waals surface area contributed by atoms with Crippen LogP contribution in [0.15, 0.2) is 18.5 Å². The SMILES string of the molecule is C#CC(NCCC)c1ccnnc1. The average molecular weight is 175 g/mol. The number of rotatable bonds is 4. The van der Waals surface area contributed by atoms with Crippen LogP contribution < -0.4 is 5.32 Å². The number of aromatic nitrogens is 2. The van der Waals surface area contributed by atoms with E-state index in [1.807, 2.05) is 6.07 Å². The molecule has 0 spiro atoms. The van der Waals surface area contributed by atoms with E-state index >= 15 is 0 Å². The van der Waals surface area contributed by atoms with E-state index in [0.717, 1.165) is 18.5 Å². The molecule has 1 rings (SSSR count). The van der Waals surface area contributed by atoms with Crippen LogP contribution in [0.1, 0.15) is 24.9 Å². The molecule has 0 radical (unpaired) electrons. The van der Waals surface area contributed by atoms with Crippen molar-refractivity contribution in [2.45, 2.75) is 19.4 Å². The maximum absolute atomic E-state index is 5.38. The van der Waals surface area contributed by atoms with Gasteiger partial charge in [-0.2, -0.15) is 10.2 Å². The number of terminal acetylenes is 1. The first kappa shape index (κ1) is 9.69. The summed E-state index contributed by atoms with van der Waals surface area (Å²) in [6, 6.07) is 1.83. The van der Waals surface area contributed by atoms with Gasteiger partial charge < -0.3 is 0 Å². The highest BCUT2D eigenvalue weighted by Gasteiger charge is 2.05. The molecule has 1 unspecified atom stereocenters. The summed E-state index contributed by atoms with van der Waals surface area (Å²) in [4.78, 5) is 0. The molecule has 0 bridgehead atoms. The molecule has 0 aliphatic heterocycles. The highest BCUT2D eigenvalue weighted by atomic mass is 15.1. The van der Waals surface area contributed by atoms with Crippen molar-refractivity contribution in [3.8, 4) is 12.3 Å². The zero-order chi connectivity index (χ0) is 9.52. The van der Waals surface area contributed by atoms with Gasteiger partial charge >= 0.3 is 0 Å². The molecule has 0 aromatic carbocycles. The molecule has 0 fully saturated rings. The first-order valence-electron chi connectivity index (χ1n) is 4.34. The standard InChI is InChI=1S/C10H13N3/c1-3-6-11-10(4-2)9-5-7-12-13-8-9/h2,5,7-8,10-11H,3,6H2,1H3. The molecule has 1 heterocycles. The van der Waals surface area contributed by atoms with E-state index in [-0.39, 0.29) is 6.04 Å². The molecule has 1 aromatic heterocycles. The van der Waals surface area contributed by atoms with Gasteiger partial charge in [-0.05, 0) is 19.0 Å². The van der Waals surface area contributed by atoms with Crippen molar-refractivity contribution in [2.24, 2.45) is 0 Å². The molecule has 0 saturated carbocycles. The van der Waals surface area contributed by atoms with Crippen molar-refractivity contribution >= 4 is 0 Å². The largest absolute Gasteiger partial charge is 0.300 e. The molecule has 1 atom stereocenters. The second kappa shape index (κ2) is 5.28. The van der Waals surface area contributed by atoms with Gasteiger partial charge in [-0.25, -0.2) is 0 Å². The van der Waals surface area contributed by atoms with Crippen LogP contribution in [0.25, 0.3) is 0 Å². The van der Waals surface area contributed by atoms with Crippen LogP contribution in [0.3, 0.4) is 0 Å². The van der Waals surface area contributed by atoms with Gasteiger partial charge in [-0.3, -0.25) is 5.32 Å². The molecule has 3 heteroatoms. The summed E-state index contributed by atoms with van der Waals surface area (Å²) in [7, 11) is 0. The van der Waals surface area contributed by atoms with Crippen molar-refractivity contribution < 1.29 is 0 Å². The van der Waals surface area contributed by atoms with E-state index < -0.39 is 0 Å². The van der Waals surface area contributed by atoms with E-state index in [1.165, 1.54) is 0 Å². The van der Waals surface area contributed by atoms with E-state index in [4.69, 9.17) is 6.42 Å². The van der Waals surface area contributed by atoms with Crippen molar-refractivity contribution in [1.29, 1.82) is 0 Å². The monoisotopic (exact) mass is 175 g/mol. The summed E-state index contributed by atoms with van der Waals surface area (Å²) in [5, 5.41) is 10.7. The molecule has 0 aliphatic rings. The molecule has 68 valence electrons. The van der Waals surface area contributed by atoms with Crippen LogP contribution in [0.4, 0.5) is 0 Å². The highest BCUT2D eigenvalue weighted by molar-refractivity contribution is 5.20. The van der Waals surface area contributed by atoms with Gasteiger partial charge in [0.2, 0.25) is 0 Å². The molecule has 0 aliphatic carbocycles. The lowest BCUT2D eigenvalue weighted by molar-refractivity contribution is 0.623. The van der Waals surface area contributed by atoms with Crippen LogP contribution in [-0.2, 0) is 0 Å². The number of nitrogens with one attached hydrogen (secondary N) is 1. The molecule has 0 saturated heterocycles. The van der Waals surface area contributed by atoms with Crippen molar-refractivity contribution in [2.75, 3.05) is 6.54 Å². The Labute approximate surface area is 78.6 Å². The van der Waals surface area contributed by atoms with Crippen molar-refractivity contribution in [3.63, 3.8) is 0 Å². The van der Waals surface area contributed by atoms with Crippen LogP contribution in [0, 0.1) is 12.3 Å². The second-order valence-corrected chi connectivity index (χ2v) is 2.73. The topological polar surface area (TPSA) is 37.8 Å². The lowest BCUT2D eigenvalue weighted by atomic mass is 10.1. The van der Waals surface area contributed by atoms with Crippen molar-refractivity contribution in [3.05, 3.63) is 24.0 Å². The van der Waals surface area contributed by atoms with Gasteiger partial charge in [0.05, 0.1) is 12.2 Å². The van der Waals surface area contributed by atoms with Gasteiger partial charge in [0.25, 0.3) is 0 Å². The molecule has 3 nitrogen and oxygen atoms in total. The molecular formula is C10H13N3. The Balaban J connectivity index is 2.63. The van der Waals surface area contributed by atoms with Crippen LogP contribution in [0.5, 0.6) is 0 Å². The smallest absolute Gasteiger partial charge is 0.0959 e. The Bertz CT molecular complexity index is 276. The number of nitrogens with zero attached hydrogens (tertiary/aromatic N) is 2. The molecule has 1 N–H and O–H groups in total. The summed E-state index contributed by atoms with van der Waals surface area (Å²) in [6.07, 6.45) is 9.78. The fourth-order valence-corrected chi connectivity index (χ4v) is 1.03. The lowest BCUT2D eigenvalue weighted by Crippen LogP contribution is -2.20. The Morgan fingerprint density at radius 2 is 2.46 bits per heavy atom. The lowest BCUT2D eigenvalue weighted by Gasteiger charge is -2.11. The molecule has 13 heavy (non-hydrogen) atoms. The van der Waals surface area contributed by atoms with Gasteiger partial charge in [0.1, 0.15) is 0 Å². The third-order valence-electron chi connectivity index (χ3n) is 1.71. The Kier molecular flexibility index (Phi) is 3.94. The summed E-state index contributed by atoms with van der Waals surface area (Å²) < 4.78 is 0. The maximum Gasteiger partial charge on any atom is 0.0959 e. The molecular weight excluding hydrogens is 162 g/mol. The first-order chi connectivity index (χ1) is 6.38. The average Bonchev–Trinajstić information content (AvgIpc) is 2.21. The van der Waals surface area contributed by atoms with Gasteiger partial charge in [0.15, 0.2) is 0 Å². The quantitative estimate of drug-likeness (QED) is 0.697. The minimum Gasteiger partial charge on any atom is -0.300 e. The highest BCUT2D eigenvalue weighted by Crippen LogP contribution is 2.08. The summed E-state index contributed by atoms with van der Waals surface area (Å²) >= 11 is 0. The predicted molar refractivity (Wildman–Crippen MR) is 51.9 cm³/mol. The summed E-state index contributed by atoms with van der Waals surface area (Å²) in [5.74, 6) is 2.67. The van der Waals surface area contributed by atoms with E-state index in [0.29, 0.717) is 0 Å². The van der Waals surface area contributed by atoms with E-state index in [2.05, 4.69) is 28.4 Å². The maximum atomic E-state index is 5.38. The van der Waals surface area contributed by atoms with Crippen LogP contribution in [0.2, 0.25) is 0 Å². The Hall–Kier alpha value is -1.40. The number of hydrogen-bond donors (Lipinski definition) is 1. The van der Waals surface area contributed by atoms with Crippen molar-refractivity contribution in [1.82, 2.24) is 15.5 Å². The summed E-state index contributed by atoms with van der Waals surface area (Å²) in [5.41, 5.74) is 0.992. The van der Waals surface area contributed by atoms with E-state index in [9.17, 15) is 0 Å². The zero-order valence-electron chi connectivity index (χ0n) is 7.70. The van der Waals surface area contributed by atoms with Crippen LogP contribution in [-0.4, -0.2) is 16.7 Å². The first-order valence-corrected chi connectivity index (χ1v) is 4.34. The third-order valence-corrected chi connectivity index (χ3v) is 1.71. The predicted octanol–water partition coefficient (Wildman–Crippen LogP) is 1.15. The Morgan fingerprint density at radius 3 is 3.00 bits per heavy atom. The van der Waals surface area contributed by atoms with Gasteiger partial charge in [0, 0.05) is 11.8 Å². The Morgan fingerprint density at radius 1 is 1.62 bits per heavy atom. The fraction of sp³-hybridized carbons (Fsp3) is 0.400. The second-order valence-electron chi connectivity index (χ2n) is 2.73. The minimum atomic E-state index is -0.0459. The number of hydrogen-bond acceptors (Lipinski definition) is 3. The molecule has 0 amide bonds. The van der Waals surface area contributed by atoms with Crippen LogP contribution >= 0.6 is 0 Å².